The van der Waals surface area contributed by atoms with Gasteiger partial charge in [0.2, 0.25) is 0 Å². The number of hydrogen-bond acceptors (Lipinski definition) is 3. The molecular weight excluding hydrogens is 246 g/mol. The highest BCUT2D eigenvalue weighted by Crippen LogP contribution is 2.21. The van der Waals surface area contributed by atoms with E-state index in [9.17, 15) is 0 Å². The third-order valence-electron chi connectivity index (χ3n) is 2.99. The predicted octanol–water partition coefficient (Wildman–Crippen LogP) is 2.82. The molecule has 1 rings (SSSR count). The molecule has 0 radical (unpaired) electrons. The molecule has 2 N–H and O–H groups in total. The minimum absolute atomic E-state index is 0.172. The molecule has 1 aromatic carbocycles. The fourth-order valence-corrected chi connectivity index (χ4v) is 1.54. The summed E-state index contributed by atoms with van der Waals surface area (Å²) in [6, 6.07) is 5.76. The summed E-state index contributed by atoms with van der Waals surface area (Å²) in [7, 11) is 1.71. The van der Waals surface area contributed by atoms with Gasteiger partial charge in [-0.15, -0.1) is 0 Å². The van der Waals surface area contributed by atoms with Gasteiger partial charge in [0.05, 0.1) is 12.2 Å². The third-order valence-corrected chi connectivity index (χ3v) is 3.22. The molecule has 0 fully saturated rings. The highest BCUT2D eigenvalue weighted by molar-refractivity contribution is 7.80. The van der Waals surface area contributed by atoms with Crippen LogP contribution in [-0.2, 0) is 4.74 Å². The highest BCUT2D eigenvalue weighted by atomic mass is 32.1. The topological polar surface area (TPSA) is 44.5 Å². The number of ether oxygens (including phenoxy) is 2. The number of aryl methyl sites for hydroxylation is 1. The summed E-state index contributed by atoms with van der Waals surface area (Å²) in [5, 5.41) is 0. The van der Waals surface area contributed by atoms with Crippen LogP contribution < -0.4 is 10.5 Å². The molecule has 100 valence electrons. The van der Waals surface area contributed by atoms with Crippen molar-refractivity contribution in [3.05, 3.63) is 29.3 Å². The number of rotatable bonds is 6. The van der Waals surface area contributed by atoms with Gasteiger partial charge in [-0.2, -0.15) is 0 Å². The van der Waals surface area contributed by atoms with E-state index in [0.717, 1.165) is 23.3 Å². The molecule has 0 amide bonds. The second kappa shape index (κ2) is 6.16. The number of nitrogens with two attached hydrogens (primary N) is 1. The van der Waals surface area contributed by atoms with E-state index in [1.807, 2.05) is 39.0 Å². The summed E-state index contributed by atoms with van der Waals surface area (Å²) in [6.45, 7) is 6.67. The first-order chi connectivity index (χ1) is 8.35. The fraction of sp³-hybridized carbons (Fsp3) is 0.500. The minimum Gasteiger partial charge on any atom is -0.493 e. The lowest BCUT2D eigenvalue weighted by Gasteiger charge is -2.23. The van der Waals surface area contributed by atoms with Crippen molar-refractivity contribution in [2.45, 2.75) is 32.8 Å². The largest absolute Gasteiger partial charge is 0.493 e. The van der Waals surface area contributed by atoms with Gasteiger partial charge >= 0.3 is 0 Å². The molecule has 0 aliphatic heterocycles. The molecule has 0 aliphatic rings. The zero-order chi connectivity index (χ0) is 13.8. The van der Waals surface area contributed by atoms with E-state index < -0.39 is 0 Å². The molecule has 0 heterocycles. The Morgan fingerprint density at radius 2 is 2.06 bits per heavy atom. The van der Waals surface area contributed by atoms with Gasteiger partial charge in [-0.05, 0) is 32.4 Å². The van der Waals surface area contributed by atoms with Gasteiger partial charge < -0.3 is 15.2 Å². The molecule has 0 saturated carbocycles. The molecule has 18 heavy (non-hydrogen) atoms. The monoisotopic (exact) mass is 267 g/mol. The Morgan fingerprint density at radius 1 is 1.39 bits per heavy atom. The van der Waals surface area contributed by atoms with Crippen molar-refractivity contribution in [2.75, 3.05) is 13.7 Å². The van der Waals surface area contributed by atoms with Gasteiger partial charge in [-0.3, -0.25) is 0 Å². The van der Waals surface area contributed by atoms with E-state index in [2.05, 4.69) is 0 Å². The first kappa shape index (κ1) is 14.9. The van der Waals surface area contributed by atoms with Gasteiger partial charge in [0.1, 0.15) is 10.7 Å². The Bertz CT molecular complexity index is 430. The van der Waals surface area contributed by atoms with Crippen molar-refractivity contribution >= 4 is 17.2 Å². The summed E-state index contributed by atoms with van der Waals surface area (Å²) in [4.78, 5) is 0.386. The van der Waals surface area contributed by atoms with Gasteiger partial charge in [0.15, 0.2) is 0 Å². The second-order valence-electron chi connectivity index (χ2n) is 4.91. The van der Waals surface area contributed by atoms with E-state index in [1.165, 1.54) is 0 Å². The van der Waals surface area contributed by atoms with Crippen LogP contribution in [0.5, 0.6) is 5.75 Å². The molecule has 4 heteroatoms. The van der Waals surface area contributed by atoms with Gasteiger partial charge in [0, 0.05) is 19.1 Å². The molecule has 0 aromatic heterocycles. The number of benzene rings is 1. The molecule has 3 nitrogen and oxygen atoms in total. The zero-order valence-electron chi connectivity index (χ0n) is 11.4. The summed E-state index contributed by atoms with van der Waals surface area (Å²) in [5.74, 6) is 0.826. The Balaban J connectivity index is 2.67. The van der Waals surface area contributed by atoms with Crippen molar-refractivity contribution in [1.29, 1.82) is 0 Å². The molecule has 0 bridgehead atoms. The number of methoxy groups -OCH3 is 1. The van der Waals surface area contributed by atoms with Crippen LogP contribution in [0.15, 0.2) is 18.2 Å². The quantitative estimate of drug-likeness (QED) is 0.805. The standard InChI is InChI=1S/C14H21NO2S/c1-10-5-6-11(13(15)18)9-12(10)17-8-7-14(2,3)16-4/h5-6,9H,7-8H2,1-4H3,(H2,15,18). The Kier molecular flexibility index (Phi) is 5.11. The van der Waals surface area contributed by atoms with Gasteiger partial charge in [-0.25, -0.2) is 0 Å². The van der Waals surface area contributed by atoms with Crippen molar-refractivity contribution in [3.63, 3.8) is 0 Å². The lowest BCUT2D eigenvalue weighted by atomic mass is 10.1. The second-order valence-corrected chi connectivity index (χ2v) is 5.35. The number of hydrogen-bond donors (Lipinski definition) is 1. The lowest BCUT2D eigenvalue weighted by Crippen LogP contribution is -2.25. The minimum atomic E-state index is -0.172. The van der Waals surface area contributed by atoms with Crippen LogP contribution in [0.4, 0.5) is 0 Å². The normalized spacial score (nSPS) is 11.3. The molecule has 0 unspecified atom stereocenters. The fourth-order valence-electron chi connectivity index (χ4n) is 1.42. The van der Waals surface area contributed by atoms with Crippen LogP contribution in [-0.4, -0.2) is 24.3 Å². The average Bonchev–Trinajstić information content (AvgIpc) is 2.31. The van der Waals surface area contributed by atoms with E-state index in [4.69, 9.17) is 27.4 Å². The van der Waals surface area contributed by atoms with Crippen LogP contribution in [0.2, 0.25) is 0 Å². The average molecular weight is 267 g/mol. The third kappa shape index (κ3) is 4.27. The molecule has 0 saturated heterocycles. The van der Waals surface area contributed by atoms with E-state index in [1.54, 1.807) is 7.11 Å². The van der Waals surface area contributed by atoms with Crippen molar-refractivity contribution in [1.82, 2.24) is 0 Å². The van der Waals surface area contributed by atoms with Gasteiger partial charge in [0.25, 0.3) is 0 Å². The number of thiocarbonyl (C=S) groups is 1. The maximum atomic E-state index is 5.77. The smallest absolute Gasteiger partial charge is 0.122 e. The lowest BCUT2D eigenvalue weighted by molar-refractivity contribution is 0.00540. The van der Waals surface area contributed by atoms with Crippen LogP contribution in [0.3, 0.4) is 0 Å². The van der Waals surface area contributed by atoms with E-state index in [-0.39, 0.29) is 5.60 Å². The SMILES string of the molecule is COC(C)(C)CCOc1cc(C(N)=S)ccc1C. The highest BCUT2D eigenvalue weighted by Gasteiger charge is 2.16. The molecule has 1 aromatic rings. The summed E-state index contributed by atoms with van der Waals surface area (Å²) >= 11 is 4.96. The Hall–Kier alpha value is -1.13. The van der Waals surface area contributed by atoms with E-state index >= 15 is 0 Å². The molecule has 0 spiro atoms. The molecular formula is C14H21NO2S. The predicted molar refractivity (Wildman–Crippen MR) is 78.3 cm³/mol. The van der Waals surface area contributed by atoms with Crippen LogP contribution in [0.25, 0.3) is 0 Å². The summed E-state index contributed by atoms with van der Waals surface area (Å²) < 4.78 is 11.1. The van der Waals surface area contributed by atoms with Crippen LogP contribution in [0.1, 0.15) is 31.4 Å². The van der Waals surface area contributed by atoms with Crippen LogP contribution >= 0.6 is 12.2 Å². The maximum Gasteiger partial charge on any atom is 0.122 e. The Morgan fingerprint density at radius 3 is 2.61 bits per heavy atom. The maximum absolute atomic E-state index is 5.77. The van der Waals surface area contributed by atoms with Crippen LogP contribution in [0, 0.1) is 6.92 Å². The van der Waals surface area contributed by atoms with Crippen molar-refractivity contribution in [3.8, 4) is 5.75 Å². The molecule has 0 aliphatic carbocycles. The van der Waals surface area contributed by atoms with Gasteiger partial charge in [-0.1, -0.05) is 24.4 Å². The van der Waals surface area contributed by atoms with Crippen molar-refractivity contribution < 1.29 is 9.47 Å². The summed E-state index contributed by atoms with van der Waals surface area (Å²) in [5.41, 5.74) is 7.34. The Labute approximate surface area is 114 Å². The van der Waals surface area contributed by atoms with Crippen molar-refractivity contribution in [2.24, 2.45) is 5.73 Å². The zero-order valence-corrected chi connectivity index (χ0v) is 12.3. The first-order valence-corrected chi connectivity index (χ1v) is 6.35. The first-order valence-electron chi connectivity index (χ1n) is 5.94. The van der Waals surface area contributed by atoms with E-state index in [0.29, 0.717) is 11.6 Å². The summed E-state index contributed by atoms with van der Waals surface area (Å²) in [6.07, 6.45) is 0.820. The molecule has 0 atom stereocenters.